The predicted molar refractivity (Wildman–Crippen MR) is 106 cm³/mol. The van der Waals surface area contributed by atoms with Gasteiger partial charge in [0.1, 0.15) is 5.75 Å². The maximum Gasteiger partial charge on any atom is 0.235 e. The standard InChI is InChI=1S/C21H23N3O7/c1-24(2)14-9-6-8-5-7-3-4-10(22)15(25)11(7)16(26)12(8)18(28)21(9,31)19(29)13(17(14)27)20(23)30/h3-4,8-9,12-14,25,31H,5-6,22H2,1-2H3,(H2,23,30)/t8?,9?,12?,13?,14-,21-/m0/s1. The van der Waals surface area contributed by atoms with Crippen LogP contribution in [0.2, 0.25) is 0 Å². The molecule has 2 fully saturated rings. The lowest BCUT2D eigenvalue weighted by molar-refractivity contribution is -0.181. The lowest BCUT2D eigenvalue weighted by Gasteiger charge is -2.52. The third-order valence-corrected chi connectivity index (χ3v) is 6.97. The topological polar surface area (TPSA) is 181 Å². The van der Waals surface area contributed by atoms with E-state index in [1.165, 1.54) is 25.1 Å². The minimum Gasteiger partial charge on any atom is -0.505 e. The molecule has 0 radical (unpaired) electrons. The molecule has 10 heteroatoms. The smallest absolute Gasteiger partial charge is 0.235 e. The summed E-state index contributed by atoms with van der Waals surface area (Å²) < 4.78 is 0. The van der Waals surface area contributed by atoms with Gasteiger partial charge < -0.3 is 21.7 Å². The van der Waals surface area contributed by atoms with Crippen molar-refractivity contribution >= 4 is 34.7 Å². The molecule has 4 unspecified atom stereocenters. The zero-order valence-corrected chi connectivity index (χ0v) is 17.0. The molecule has 1 aromatic rings. The normalized spacial score (nSPS) is 34.9. The Morgan fingerprint density at radius 1 is 1.16 bits per heavy atom. The van der Waals surface area contributed by atoms with Gasteiger partial charge in [-0.2, -0.15) is 0 Å². The highest BCUT2D eigenvalue weighted by Gasteiger charge is 2.69. The van der Waals surface area contributed by atoms with Gasteiger partial charge >= 0.3 is 0 Å². The van der Waals surface area contributed by atoms with Crippen LogP contribution in [0, 0.1) is 23.7 Å². The predicted octanol–water partition coefficient (Wildman–Crippen LogP) is -1.55. The summed E-state index contributed by atoms with van der Waals surface area (Å²) in [6, 6.07) is 1.94. The lowest BCUT2D eigenvalue weighted by Crippen LogP contribution is -2.74. The van der Waals surface area contributed by atoms with Crippen molar-refractivity contribution < 1.29 is 34.2 Å². The first kappa shape index (κ1) is 21.1. The fraction of sp³-hybridized carbons (Fsp3) is 0.476. The number of Topliss-reactive ketones (excluding diaryl/α,β-unsaturated/α-hetero) is 4. The third-order valence-electron chi connectivity index (χ3n) is 6.97. The van der Waals surface area contributed by atoms with E-state index in [1.54, 1.807) is 6.07 Å². The van der Waals surface area contributed by atoms with Gasteiger partial charge in [0.15, 0.2) is 34.7 Å². The first-order valence-corrected chi connectivity index (χ1v) is 9.87. The lowest BCUT2D eigenvalue weighted by atomic mass is 9.52. The SMILES string of the molecule is CN(C)[C@@H]1C(=O)C(C(N)=O)C(=O)[C@@]2(O)C(=O)C3C(=O)c4c(ccc(N)c4O)CC3CC12. The molecule has 0 heterocycles. The van der Waals surface area contributed by atoms with Gasteiger partial charge in [-0.1, -0.05) is 6.07 Å². The molecule has 1 aromatic carbocycles. The van der Waals surface area contributed by atoms with E-state index in [0.717, 1.165) is 0 Å². The molecule has 6 atom stereocenters. The highest BCUT2D eigenvalue weighted by molar-refractivity contribution is 6.32. The second-order valence-electron chi connectivity index (χ2n) is 8.83. The van der Waals surface area contributed by atoms with Crippen molar-refractivity contribution in [3.05, 3.63) is 23.3 Å². The summed E-state index contributed by atoms with van der Waals surface area (Å²) in [6.07, 6.45) is 0.245. The number of anilines is 1. The Morgan fingerprint density at radius 3 is 2.39 bits per heavy atom. The largest absolute Gasteiger partial charge is 0.505 e. The van der Waals surface area contributed by atoms with Crippen LogP contribution in [-0.2, 0) is 25.6 Å². The van der Waals surface area contributed by atoms with Gasteiger partial charge in [0, 0.05) is 5.92 Å². The Labute approximate surface area is 177 Å². The summed E-state index contributed by atoms with van der Waals surface area (Å²) in [6.45, 7) is 0. The average molecular weight is 429 g/mol. The van der Waals surface area contributed by atoms with E-state index < -0.39 is 70.1 Å². The summed E-state index contributed by atoms with van der Waals surface area (Å²) in [5.74, 6) is -10.7. The molecule has 164 valence electrons. The van der Waals surface area contributed by atoms with E-state index in [1.807, 2.05) is 0 Å². The number of aliphatic hydroxyl groups is 1. The van der Waals surface area contributed by atoms with Crippen LogP contribution in [0.4, 0.5) is 5.69 Å². The van der Waals surface area contributed by atoms with Gasteiger partial charge in [-0.3, -0.25) is 28.9 Å². The molecule has 31 heavy (non-hydrogen) atoms. The van der Waals surface area contributed by atoms with E-state index in [0.29, 0.717) is 5.56 Å². The number of benzene rings is 1. The maximum absolute atomic E-state index is 13.5. The van der Waals surface area contributed by atoms with Crippen LogP contribution in [-0.4, -0.2) is 69.9 Å². The number of fused-ring (bicyclic) bond motifs is 3. The Bertz CT molecular complexity index is 1070. The number of carbonyl (C=O) groups excluding carboxylic acids is 5. The number of hydrogen-bond donors (Lipinski definition) is 4. The van der Waals surface area contributed by atoms with Crippen LogP contribution in [0.5, 0.6) is 5.75 Å². The zero-order valence-electron chi connectivity index (χ0n) is 17.0. The Kier molecular flexibility index (Phi) is 4.56. The van der Waals surface area contributed by atoms with Crippen molar-refractivity contribution in [2.24, 2.45) is 29.4 Å². The summed E-state index contributed by atoms with van der Waals surface area (Å²) in [7, 11) is 3.07. The van der Waals surface area contributed by atoms with Crippen LogP contribution in [0.15, 0.2) is 12.1 Å². The van der Waals surface area contributed by atoms with Crippen molar-refractivity contribution in [1.29, 1.82) is 0 Å². The molecule has 4 rings (SSSR count). The minimum absolute atomic E-state index is 0.0229. The van der Waals surface area contributed by atoms with Crippen molar-refractivity contribution in [2.45, 2.75) is 24.5 Å². The van der Waals surface area contributed by atoms with E-state index in [2.05, 4.69) is 0 Å². The fourth-order valence-corrected chi connectivity index (χ4v) is 5.60. The number of phenolic OH excluding ortho intramolecular Hbond substituents is 1. The molecule has 0 spiro atoms. The quantitative estimate of drug-likeness (QED) is 0.246. The van der Waals surface area contributed by atoms with Gasteiger partial charge in [0.05, 0.1) is 23.2 Å². The van der Waals surface area contributed by atoms with Crippen LogP contribution in [0.1, 0.15) is 22.3 Å². The van der Waals surface area contributed by atoms with Gasteiger partial charge in [-0.25, -0.2) is 0 Å². The molecule has 0 saturated heterocycles. The van der Waals surface area contributed by atoms with Crippen molar-refractivity contribution in [3.63, 3.8) is 0 Å². The number of nitrogens with zero attached hydrogens (tertiary/aromatic N) is 1. The zero-order chi connectivity index (χ0) is 23.0. The van der Waals surface area contributed by atoms with Gasteiger partial charge in [0.2, 0.25) is 5.91 Å². The molecule has 1 amide bonds. The van der Waals surface area contributed by atoms with Crippen LogP contribution in [0.3, 0.4) is 0 Å². The Balaban J connectivity index is 1.87. The molecular formula is C21H23N3O7. The highest BCUT2D eigenvalue weighted by atomic mass is 16.3. The average Bonchev–Trinajstić information content (AvgIpc) is 2.67. The maximum atomic E-state index is 13.5. The van der Waals surface area contributed by atoms with E-state index in [4.69, 9.17) is 11.5 Å². The number of aromatic hydroxyl groups is 1. The molecule has 2 saturated carbocycles. The van der Waals surface area contributed by atoms with E-state index >= 15 is 0 Å². The number of hydrogen-bond acceptors (Lipinski definition) is 9. The number of ketones is 4. The molecule has 0 bridgehead atoms. The molecule has 3 aliphatic carbocycles. The van der Waals surface area contributed by atoms with Crippen molar-refractivity contribution in [3.8, 4) is 5.75 Å². The van der Waals surface area contributed by atoms with Gasteiger partial charge in [-0.15, -0.1) is 0 Å². The monoisotopic (exact) mass is 429 g/mol. The minimum atomic E-state index is -2.72. The van der Waals surface area contributed by atoms with Crippen molar-refractivity contribution in [2.75, 3.05) is 19.8 Å². The Morgan fingerprint density at radius 2 is 1.81 bits per heavy atom. The van der Waals surface area contributed by atoms with Crippen LogP contribution < -0.4 is 11.5 Å². The second-order valence-corrected chi connectivity index (χ2v) is 8.83. The first-order chi connectivity index (χ1) is 14.4. The molecule has 6 N–H and O–H groups in total. The van der Waals surface area contributed by atoms with Crippen LogP contribution >= 0.6 is 0 Å². The number of nitrogen functional groups attached to an aromatic ring is 1. The van der Waals surface area contributed by atoms with Gasteiger partial charge in [-0.05, 0) is 44.5 Å². The number of likely N-dealkylation sites (N-methyl/N-ethyl adjacent to an activating group) is 1. The van der Waals surface area contributed by atoms with Gasteiger partial charge in [0.25, 0.3) is 0 Å². The Hall–Kier alpha value is -3.11. The van der Waals surface area contributed by atoms with Crippen molar-refractivity contribution in [1.82, 2.24) is 4.90 Å². The molecular weight excluding hydrogens is 406 g/mol. The number of amides is 1. The molecule has 0 aliphatic heterocycles. The number of carbonyl (C=O) groups is 5. The number of phenols is 1. The highest BCUT2D eigenvalue weighted by Crippen LogP contribution is 2.50. The number of nitrogens with two attached hydrogens (primary N) is 2. The van der Waals surface area contributed by atoms with E-state index in [9.17, 15) is 34.2 Å². The van der Waals surface area contributed by atoms with E-state index in [-0.39, 0.29) is 24.1 Å². The summed E-state index contributed by atoms with van der Waals surface area (Å²) in [5, 5.41) is 21.7. The second kappa shape index (κ2) is 6.69. The summed E-state index contributed by atoms with van der Waals surface area (Å²) in [5.41, 5.74) is 8.60. The first-order valence-electron chi connectivity index (χ1n) is 9.87. The molecule has 3 aliphatic rings. The number of primary amides is 1. The molecule has 10 nitrogen and oxygen atoms in total. The van der Waals surface area contributed by atoms with Crippen LogP contribution in [0.25, 0.3) is 0 Å². The third kappa shape index (κ3) is 2.61. The fourth-order valence-electron chi connectivity index (χ4n) is 5.60. The summed E-state index contributed by atoms with van der Waals surface area (Å²) in [4.78, 5) is 66.0. The number of rotatable bonds is 2. The molecule has 0 aromatic heterocycles. The summed E-state index contributed by atoms with van der Waals surface area (Å²) >= 11 is 0.